The smallest absolute Gasteiger partial charge is 0.258 e. The van der Waals surface area contributed by atoms with Gasteiger partial charge in [0.15, 0.2) is 17.7 Å². The molecule has 1 unspecified atom stereocenters. The van der Waals surface area contributed by atoms with E-state index in [9.17, 15) is 4.79 Å². The lowest BCUT2D eigenvalue weighted by Crippen LogP contribution is -2.24. The molecule has 152 valence electrons. The van der Waals surface area contributed by atoms with Crippen LogP contribution >= 0.6 is 0 Å². The molecule has 1 amide bonds. The van der Waals surface area contributed by atoms with Crippen molar-refractivity contribution in [2.45, 2.75) is 6.23 Å². The topological polar surface area (TPSA) is 68.8 Å². The van der Waals surface area contributed by atoms with Crippen LogP contribution in [0, 0.1) is 0 Å². The number of hydrogen-bond acceptors (Lipinski definition) is 5. The fourth-order valence-corrected chi connectivity index (χ4v) is 3.25. The molecular formula is C24H22N2O4. The molecule has 0 radical (unpaired) electrons. The predicted molar refractivity (Wildman–Crippen MR) is 114 cm³/mol. The highest BCUT2D eigenvalue weighted by atomic mass is 16.5. The number of rotatable bonds is 6. The number of nitrogens with one attached hydrogen (secondary N) is 2. The van der Waals surface area contributed by atoms with Gasteiger partial charge in [-0.2, -0.15) is 0 Å². The first kappa shape index (κ1) is 19.4. The quantitative estimate of drug-likeness (QED) is 0.650. The van der Waals surface area contributed by atoms with Crippen LogP contribution in [-0.2, 0) is 4.74 Å². The SMILES string of the molecule is COc1ccc(C(=O)NC2=C(c3ccccc3)NC(c3ccccc3)O2)cc1OC. The zero-order valence-corrected chi connectivity index (χ0v) is 16.7. The Labute approximate surface area is 175 Å². The van der Waals surface area contributed by atoms with Crippen molar-refractivity contribution in [3.05, 3.63) is 101 Å². The number of amides is 1. The molecule has 1 heterocycles. The Bertz CT molecular complexity index is 1070. The highest BCUT2D eigenvalue weighted by molar-refractivity contribution is 5.96. The third kappa shape index (κ3) is 3.93. The van der Waals surface area contributed by atoms with Gasteiger partial charge in [0.2, 0.25) is 5.88 Å². The number of benzene rings is 3. The summed E-state index contributed by atoms with van der Waals surface area (Å²) in [5, 5.41) is 6.26. The van der Waals surface area contributed by atoms with Crippen LogP contribution in [0.2, 0.25) is 0 Å². The van der Waals surface area contributed by atoms with Gasteiger partial charge in [-0.3, -0.25) is 10.1 Å². The van der Waals surface area contributed by atoms with Crippen molar-refractivity contribution < 1.29 is 19.0 Å². The summed E-state index contributed by atoms with van der Waals surface area (Å²) >= 11 is 0. The summed E-state index contributed by atoms with van der Waals surface area (Å²) in [6.07, 6.45) is -0.401. The largest absolute Gasteiger partial charge is 0.493 e. The maximum absolute atomic E-state index is 12.9. The molecule has 3 aromatic carbocycles. The minimum atomic E-state index is -0.401. The third-order valence-electron chi connectivity index (χ3n) is 4.78. The Kier molecular flexibility index (Phi) is 5.57. The van der Waals surface area contributed by atoms with Gasteiger partial charge in [-0.1, -0.05) is 60.7 Å². The van der Waals surface area contributed by atoms with Gasteiger partial charge in [0.1, 0.15) is 5.70 Å². The van der Waals surface area contributed by atoms with Crippen LogP contribution in [0.3, 0.4) is 0 Å². The van der Waals surface area contributed by atoms with E-state index in [1.165, 1.54) is 7.11 Å². The van der Waals surface area contributed by atoms with Crippen molar-refractivity contribution in [2.75, 3.05) is 14.2 Å². The van der Waals surface area contributed by atoms with E-state index in [1.807, 2.05) is 60.7 Å². The summed E-state index contributed by atoms with van der Waals surface area (Å²) in [6, 6.07) is 24.5. The maximum atomic E-state index is 12.9. The van der Waals surface area contributed by atoms with E-state index in [1.54, 1.807) is 25.3 Å². The molecular weight excluding hydrogens is 380 g/mol. The van der Waals surface area contributed by atoms with Crippen molar-refractivity contribution in [3.8, 4) is 11.5 Å². The van der Waals surface area contributed by atoms with E-state index in [4.69, 9.17) is 14.2 Å². The third-order valence-corrected chi connectivity index (χ3v) is 4.78. The Morgan fingerprint density at radius 1 is 0.900 bits per heavy atom. The van der Waals surface area contributed by atoms with E-state index in [-0.39, 0.29) is 5.91 Å². The molecule has 6 nitrogen and oxygen atoms in total. The Morgan fingerprint density at radius 3 is 2.23 bits per heavy atom. The lowest BCUT2D eigenvalue weighted by molar-refractivity contribution is 0.0850. The van der Waals surface area contributed by atoms with Crippen molar-refractivity contribution in [2.24, 2.45) is 0 Å². The van der Waals surface area contributed by atoms with E-state index < -0.39 is 6.23 Å². The Hall–Kier alpha value is -3.93. The Morgan fingerprint density at radius 2 is 1.57 bits per heavy atom. The second kappa shape index (κ2) is 8.61. The number of carbonyl (C=O) groups excluding carboxylic acids is 1. The molecule has 1 atom stereocenters. The monoisotopic (exact) mass is 402 g/mol. The molecule has 0 spiro atoms. The van der Waals surface area contributed by atoms with Gasteiger partial charge in [0.05, 0.1) is 14.2 Å². The summed E-state index contributed by atoms with van der Waals surface area (Å²) < 4.78 is 16.6. The molecule has 0 aliphatic carbocycles. The number of hydrogen-bond donors (Lipinski definition) is 2. The van der Waals surface area contributed by atoms with Crippen LogP contribution in [0.25, 0.3) is 5.70 Å². The average Bonchev–Trinajstić information content (AvgIpc) is 3.23. The molecule has 3 aromatic rings. The van der Waals surface area contributed by atoms with Crippen LogP contribution in [0.5, 0.6) is 11.5 Å². The van der Waals surface area contributed by atoms with E-state index in [0.29, 0.717) is 22.9 Å². The first-order valence-electron chi connectivity index (χ1n) is 9.51. The van der Waals surface area contributed by atoms with Gasteiger partial charge in [-0.05, 0) is 18.2 Å². The summed E-state index contributed by atoms with van der Waals surface area (Å²) in [5.74, 6) is 1.10. The number of ether oxygens (including phenoxy) is 3. The minimum Gasteiger partial charge on any atom is -0.493 e. The van der Waals surface area contributed by atoms with Crippen molar-refractivity contribution in [1.82, 2.24) is 10.6 Å². The van der Waals surface area contributed by atoms with Crippen molar-refractivity contribution in [3.63, 3.8) is 0 Å². The molecule has 2 N–H and O–H groups in total. The first-order chi connectivity index (χ1) is 14.7. The number of methoxy groups -OCH3 is 2. The summed E-state index contributed by atoms with van der Waals surface area (Å²) in [4.78, 5) is 12.9. The van der Waals surface area contributed by atoms with Crippen LogP contribution in [0.4, 0.5) is 0 Å². The lowest BCUT2D eigenvalue weighted by atomic mass is 10.1. The normalized spacial score (nSPS) is 15.2. The molecule has 1 aliphatic heterocycles. The second-order valence-corrected chi connectivity index (χ2v) is 6.65. The fraction of sp³-hybridized carbons (Fsp3) is 0.125. The molecule has 0 bridgehead atoms. The molecule has 0 fully saturated rings. The van der Waals surface area contributed by atoms with Crippen molar-refractivity contribution in [1.29, 1.82) is 0 Å². The van der Waals surface area contributed by atoms with Gasteiger partial charge in [0.25, 0.3) is 5.91 Å². The summed E-state index contributed by atoms with van der Waals surface area (Å²) in [6.45, 7) is 0. The van der Waals surface area contributed by atoms with Gasteiger partial charge >= 0.3 is 0 Å². The standard InChI is InChI=1S/C24H22N2O4/c1-28-19-14-13-18(15-20(19)29-2)22(27)26-24-21(16-9-5-3-6-10-16)25-23(30-24)17-11-7-4-8-12-17/h3-15,23,25H,1-2H3,(H,26,27). The highest BCUT2D eigenvalue weighted by Crippen LogP contribution is 2.32. The van der Waals surface area contributed by atoms with E-state index in [0.717, 1.165) is 16.8 Å². The molecule has 30 heavy (non-hydrogen) atoms. The average molecular weight is 402 g/mol. The zero-order chi connectivity index (χ0) is 20.9. The maximum Gasteiger partial charge on any atom is 0.258 e. The lowest BCUT2D eigenvalue weighted by Gasteiger charge is -2.14. The molecule has 0 aromatic heterocycles. The minimum absolute atomic E-state index is 0.310. The van der Waals surface area contributed by atoms with Crippen LogP contribution in [0.15, 0.2) is 84.7 Å². The highest BCUT2D eigenvalue weighted by Gasteiger charge is 2.28. The summed E-state index contributed by atoms with van der Waals surface area (Å²) in [5.41, 5.74) is 3.03. The van der Waals surface area contributed by atoms with E-state index >= 15 is 0 Å². The molecule has 4 rings (SSSR count). The van der Waals surface area contributed by atoms with Gasteiger partial charge in [-0.25, -0.2) is 0 Å². The zero-order valence-electron chi connectivity index (χ0n) is 16.7. The van der Waals surface area contributed by atoms with E-state index in [2.05, 4.69) is 10.6 Å². The molecule has 0 saturated heterocycles. The van der Waals surface area contributed by atoms with Crippen LogP contribution < -0.4 is 20.1 Å². The van der Waals surface area contributed by atoms with Crippen molar-refractivity contribution >= 4 is 11.6 Å². The number of carbonyl (C=O) groups is 1. The molecule has 1 aliphatic rings. The van der Waals surface area contributed by atoms with Crippen LogP contribution in [-0.4, -0.2) is 20.1 Å². The Balaban J connectivity index is 1.63. The molecule has 0 saturated carbocycles. The van der Waals surface area contributed by atoms with Crippen LogP contribution in [0.1, 0.15) is 27.7 Å². The molecule has 6 heteroatoms. The fourth-order valence-electron chi connectivity index (χ4n) is 3.25. The van der Waals surface area contributed by atoms with Gasteiger partial charge in [-0.15, -0.1) is 0 Å². The second-order valence-electron chi connectivity index (χ2n) is 6.65. The van der Waals surface area contributed by atoms with Gasteiger partial charge in [0, 0.05) is 16.7 Å². The first-order valence-corrected chi connectivity index (χ1v) is 9.51. The summed E-state index contributed by atoms with van der Waals surface area (Å²) in [7, 11) is 3.08. The van der Waals surface area contributed by atoms with Gasteiger partial charge < -0.3 is 19.5 Å². The predicted octanol–water partition coefficient (Wildman–Crippen LogP) is 4.08.